The number of nitrogens with zero attached hydrogens (tertiary/aromatic N) is 2. The van der Waals surface area contributed by atoms with E-state index in [1.165, 1.54) is 31.4 Å². The standard InChI is InChI=1S/C18H15N3O4/c1-25-20(18(22)15-7-4-8-17(12-15)21(23)24)19-16-10-9-13-5-2-3-6-14(13)11-16/h2-12,19H,1H3. The number of hydrogen-bond donors (Lipinski definition) is 1. The van der Waals surface area contributed by atoms with Crippen molar-refractivity contribution in [2.75, 3.05) is 12.5 Å². The van der Waals surface area contributed by atoms with Crippen LogP contribution in [0.5, 0.6) is 0 Å². The summed E-state index contributed by atoms with van der Waals surface area (Å²) in [6.07, 6.45) is 0. The third-order valence-electron chi connectivity index (χ3n) is 3.65. The molecule has 0 aliphatic carbocycles. The summed E-state index contributed by atoms with van der Waals surface area (Å²) in [5.41, 5.74) is 3.49. The molecule has 0 aliphatic heterocycles. The third-order valence-corrected chi connectivity index (χ3v) is 3.65. The highest BCUT2D eigenvalue weighted by Crippen LogP contribution is 2.20. The van der Waals surface area contributed by atoms with Gasteiger partial charge in [-0.2, -0.15) is 0 Å². The highest BCUT2D eigenvalue weighted by atomic mass is 16.7. The minimum absolute atomic E-state index is 0.143. The van der Waals surface area contributed by atoms with Crippen LogP contribution in [0.4, 0.5) is 11.4 Å². The van der Waals surface area contributed by atoms with Gasteiger partial charge in [0, 0.05) is 12.1 Å². The average Bonchev–Trinajstić information content (AvgIpc) is 2.65. The first-order valence-electron chi connectivity index (χ1n) is 7.47. The first-order chi connectivity index (χ1) is 12.1. The number of carbonyl (C=O) groups excluding carboxylic acids is 1. The largest absolute Gasteiger partial charge is 0.297 e. The van der Waals surface area contributed by atoms with Crippen LogP contribution in [0.15, 0.2) is 66.7 Å². The summed E-state index contributed by atoms with van der Waals surface area (Å²) in [6, 6.07) is 18.9. The monoisotopic (exact) mass is 337 g/mol. The van der Waals surface area contributed by atoms with Gasteiger partial charge in [-0.25, -0.2) is 0 Å². The van der Waals surface area contributed by atoms with Crippen LogP contribution in [-0.4, -0.2) is 23.1 Å². The van der Waals surface area contributed by atoms with E-state index in [4.69, 9.17) is 4.84 Å². The van der Waals surface area contributed by atoms with Gasteiger partial charge in [-0.1, -0.05) is 36.4 Å². The number of carbonyl (C=O) groups is 1. The number of hydrogen-bond acceptors (Lipinski definition) is 5. The van der Waals surface area contributed by atoms with Crippen molar-refractivity contribution in [2.24, 2.45) is 0 Å². The lowest BCUT2D eigenvalue weighted by atomic mass is 10.1. The molecule has 1 amide bonds. The average molecular weight is 337 g/mol. The van der Waals surface area contributed by atoms with Gasteiger partial charge in [0.1, 0.15) is 0 Å². The van der Waals surface area contributed by atoms with Crippen LogP contribution in [0.25, 0.3) is 10.8 Å². The fraction of sp³-hybridized carbons (Fsp3) is 0.0556. The van der Waals surface area contributed by atoms with E-state index in [2.05, 4.69) is 5.43 Å². The molecular formula is C18H15N3O4. The molecule has 0 saturated heterocycles. The molecule has 0 saturated carbocycles. The molecule has 7 heteroatoms. The summed E-state index contributed by atoms with van der Waals surface area (Å²) >= 11 is 0. The summed E-state index contributed by atoms with van der Waals surface area (Å²) in [5.74, 6) is -0.542. The number of nitro groups is 1. The van der Waals surface area contributed by atoms with Crippen molar-refractivity contribution in [1.82, 2.24) is 5.17 Å². The lowest BCUT2D eigenvalue weighted by Crippen LogP contribution is -2.35. The zero-order valence-electron chi connectivity index (χ0n) is 13.4. The highest BCUT2D eigenvalue weighted by molar-refractivity contribution is 5.95. The van der Waals surface area contributed by atoms with Crippen LogP contribution in [0.1, 0.15) is 10.4 Å². The van der Waals surface area contributed by atoms with Crippen molar-refractivity contribution < 1.29 is 14.6 Å². The van der Waals surface area contributed by atoms with Crippen LogP contribution < -0.4 is 5.43 Å². The molecule has 0 bridgehead atoms. The van der Waals surface area contributed by atoms with Gasteiger partial charge in [0.2, 0.25) is 0 Å². The number of hydrazine groups is 1. The Morgan fingerprint density at radius 2 is 1.80 bits per heavy atom. The van der Waals surface area contributed by atoms with Gasteiger partial charge in [-0.05, 0) is 29.0 Å². The van der Waals surface area contributed by atoms with Crippen LogP contribution in [0.2, 0.25) is 0 Å². The smallest absolute Gasteiger partial charge is 0.271 e. The first kappa shape index (κ1) is 16.4. The van der Waals surface area contributed by atoms with E-state index < -0.39 is 10.8 Å². The first-order valence-corrected chi connectivity index (χ1v) is 7.47. The molecule has 0 aliphatic rings. The fourth-order valence-electron chi connectivity index (χ4n) is 2.43. The number of anilines is 1. The Hall–Kier alpha value is -3.45. The number of non-ortho nitro benzene ring substituents is 1. The van der Waals surface area contributed by atoms with Gasteiger partial charge in [-0.3, -0.25) is 25.2 Å². The number of benzene rings is 3. The maximum absolute atomic E-state index is 12.5. The number of amides is 1. The van der Waals surface area contributed by atoms with Crippen molar-refractivity contribution in [3.63, 3.8) is 0 Å². The Labute approximate surface area is 143 Å². The molecule has 0 heterocycles. The quantitative estimate of drug-likeness (QED) is 0.566. The summed E-state index contributed by atoms with van der Waals surface area (Å²) in [5, 5.41) is 13.9. The molecule has 0 atom stereocenters. The van der Waals surface area contributed by atoms with Crippen LogP contribution >= 0.6 is 0 Å². The molecule has 7 nitrogen and oxygen atoms in total. The molecule has 0 aromatic heterocycles. The molecule has 3 aromatic rings. The molecule has 0 spiro atoms. The number of hydroxylamine groups is 1. The number of nitro benzene ring substituents is 1. The predicted octanol–water partition coefficient (Wildman–Crippen LogP) is 3.78. The molecule has 0 unspecified atom stereocenters. The van der Waals surface area contributed by atoms with Crippen molar-refractivity contribution >= 4 is 28.1 Å². The Morgan fingerprint density at radius 3 is 2.52 bits per heavy atom. The Balaban J connectivity index is 1.84. The van der Waals surface area contributed by atoms with Crippen LogP contribution in [0.3, 0.4) is 0 Å². The second-order valence-corrected chi connectivity index (χ2v) is 5.26. The maximum atomic E-state index is 12.5. The van der Waals surface area contributed by atoms with E-state index >= 15 is 0 Å². The van der Waals surface area contributed by atoms with Crippen LogP contribution in [0, 0.1) is 10.1 Å². The Morgan fingerprint density at radius 1 is 1.04 bits per heavy atom. The summed E-state index contributed by atoms with van der Waals surface area (Å²) in [4.78, 5) is 27.9. The summed E-state index contributed by atoms with van der Waals surface area (Å²) < 4.78 is 0. The van der Waals surface area contributed by atoms with Gasteiger partial charge < -0.3 is 0 Å². The highest BCUT2D eigenvalue weighted by Gasteiger charge is 2.18. The topological polar surface area (TPSA) is 84.7 Å². The van der Waals surface area contributed by atoms with Crippen molar-refractivity contribution in [2.45, 2.75) is 0 Å². The SMILES string of the molecule is CON(Nc1ccc2ccccc2c1)C(=O)c1cccc([N+](=O)[O-])c1. The van der Waals surface area contributed by atoms with E-state index in [0.717, 1.165) is 15.9 Å². The Bertz CT molecular complexity index is 942. The van der Waals surface area contributed by atoms with E-state index in [1.54, 1.807) is 0 Å². The zero-order valence-corrected chi connectivity index (χ0v) is 13.4. The molecule has 25 heavy (non-hydrogen) atoms. The Kier molecular flexibility index (Phi) is 4.58. The van der Waals surface area contributed by atoms with Gasteiger partial charge in [0.05, 0.1) is 23.3 Å². The van der Waals surface area contributed by atoms with Gasteiger partial charge in [0.25, 0.3) is 11.6 Å². The number of nitrogens with one attached hydrogen (secondary N) is 1. The second kappa shape index (κ2) is 6.98. The number of rotatable bonds is 5. The van der Waals surface area contributed by atoms with Crippen LogP contribution in [-0.2, 0) is 4.84 Å². The maximum Gasteiger partial charge on any atom is 0.297 e. The third kappa shape index (κ3) is 3.56. The molecule has 126 valence electrons. The second-order valence-electron chi connectivity index (χ2n) is 5.26. The molecule has 1 N–H and O–H groups in total. The van der Waals surface area contributed by atoms with Crippen molar-refractivity contribution in [1.29, 1.82) is 0 Å². The fourth-order valence-corrected chi connectivity index (χ4v) is 2.43. The summed E-state index contributed by atoms with van der Waals surface area (Å²) in [6.45, 7) is 0. The van der Waals surface area contributed by atoms with Crippen molar-refractivity contribution in [3.8, 4) is 0 Å². The van der Waals surface area contributed by atoms with Gasteiger partial charge in [-0.15, -0.1) is 5.17 Å². The lowest BCUT2D eigenvalue weighted by molar-refractivity contribution is -0.384. The van der Waals surface area contributed by atoms with E-state index in [1.807, 2.05) is 42.5 Å². The minimum atomic E-state index is -0.551. The summed E-state index contributed by atoms with van der Waals surface area (Å²) in [7, 11) is 1.34. The van der Waals surface area contributed by atoms with E-state index in [-0.39, 0.29) is 11.3 Å². The van der Waals surface area contributed by atoms with E-state index in [0.29, 0.717) is 5.69 Å². The van der Waals surface area contributed by atoms with Crippen molar-refractivity contribution in [3.05, 3.63) is 82.4 Å². The minimum Gasteiger partial charge on any atom is -0.271 e. The predicted molar refractivity (Wildman–Crippen MR) is 93.8 cm³/mol. The zero-order chi connectivity index (χ0) is 17.8. The van der Waals surface area contributed by atoms with E-state index in [9.17, 15) is 14.9 Å². The number of fused-ring (bicyclic) bond motifs is 1. The molecule has 0 fully saturated rings. The molecular weight excluding hydrogens is 322 g/mol. The normalized spacial score (nSPS) is 10.4. The lowest BCUT2D eigenvalue weighted by Gasteiger charge is -2.21. The van der Waals surface area contributed by atoms with Gasteiger partial charge in [0.15, 0.2) is 0 Å². The van der Waals surface area contributed by atoms with Gasteiger partial charge >= 0.3 is 0 Å². The molecule has 0 radical (unpaired) electrons. The molecule has 3 rings (SSSR count). The molecule has 3 aromatic carbocycles.